The number of carbonyl (C=O) groups excluding carboxylic acids is 1. The van der Waals surface area contributed by atoms with Crippen LogP contribution in [0.3, 0.4) is 0 Å². The molecule has 2 amide bonds. The molecular weight excluding hydrogens is 338 g/mol. The fourth-order valence-electron chi connectivity index (χ4n) is 4.47. The molecule has 2 aliphatic rings. The molecule has 3 heterocycles. The summed E-state index contributed by atoms with van der Waals surface area (Å²) in [6.07, 6.45) is 4.59. The number of benzene rings is 1. The highest BCUT2D eigenvalue weighted by molar-refractivity contribution is 5.76. The van der Waals surface area contributed by atoms with Crippen LogP contribution in [0.2, 0.25) is 0 Å². The highest BCUT2D eigenvalue weighted by Gasteiger charge is 2.55. The van der Waals surface area contributed by atoms with E-state index >= 15 is 0 Å². The smallest absolute Gasteiger partial charge is 0.317 e. The lowest BCUT2D eigenvalue weighted by Gasteiger charge is -2.59. The van der Waals surface area contributed by atoms with Gasteiger partial charge in [0.2, 0.25) is 0 Å². The van der Waals surface area contributed by atoms with Crippen molar-refractivity contribution in [2.24, 2.45) is 5.41 Å². The van der Waals surface area contributed by atoms with Crippen molar-refractivity contribution < 1.29 is 9.53 Å². The summed E-state index contributed by atoms with van der Waals surface area (Å²) in [6.45, 7) is 5.05. The highest BCUT2D eigenvalue weighted by Crippen LogP contribution is 2.54. The van der Waals surface area contributed by atoms with Crippen molar-refractivity contribution in [3.8, 4) is 0 Å². The van der Waals surface area contributed by atoms with E-state index in [4.69, 9.17) is 4.74 Å². The van der Waals surface area contributed by atoms with Crippen LogP contribution in [0.25, 0.3) is 0 Å². The molecule has 27 heavy (non-hydrogen) atoms. The van der Waals surface area contributed by atoms with E-state index in [1.807, 2.05) is 17.0 Å². The van der Waals surface area contributed by atoms with Gasteiger partial charge in [0.1, 0.15) is 0 Å². The molecule has 2 aromatic rings. The van der Waals surface area contributed by atoms with Gasteiger partial charge in [0.25, 0.3) is 0 Å². The number of carbonyl (C=O) groups is 1. The fraction of sp³-hybridized carbons (Fsp3) is 0.455. The molecule has 1 spiro atoms. The van der Waals surface area contributed by atoms with Gasteiger partial charge >= 0.3 is 6.03 Å². The zero-order chi connectivity index (χ0) is 18.7. The van der Waals surface area contributed by atoms with E-state index in [1.165, 1.54) is 11.1 Å². The van der Waals surface area contributed by atoms with E-state index in [1.54, 1.807) is 6.20 Å². The summed E-state index contributed by atoms with van der Waals surface area (Å²) < 4.78 is 5.58. The summed E-state index contributed by atoms with van der Waals surface area (Å²) >= 11 is 0. The van der Waals surface area contributed by atoms with Crippen molar-refractivity contribution in [2.45, 2.75) is 32.2 Å². The number of aromatic nitrogens is 1. The van der Waals surface area contributed by atoms with Gasteiger partial charge in [-0.2, -0.15) is 0 Å². The summed E-state index contributed by atoms with van der Waals surface area (Å²) in [5.74, 6) is 0. The van der Waals surface area contributed by atoms with Crippen molar-refractivity contribution in [1.82, 2.24) is 15.2 Å². The molecule has 142 valence electrons. The normalized spacial score (nSPS) is 20.9. The molecule has 1 N–H and O–H groups in total. The lowest BCUT2D eigenvalue weighted by atomic mass is 9.64. The Kier molecular flexibility index (Phi) is 5.12. The summed E-state index contributed by atoms with van der Waals surface area (Å²) in [5, 5.41) is 3.10. The van der Waals surface area contributed by atoms with Crippen LogP contribution in [0.1, 0.15) is 35.7 Å². The van der Waals surface area contributed by atoms with Gasteiger partial charge < -0.3 is 15.0 Å². The van der Waals surface area contributed by atoms with Crippen LogP contribution in [0.4, 0.5) is 4.79 Å². The minimum atomic E-state index is 0.0227. The maximum Gasteiger partial charge on any atom is 0.317 e. The molecule has 5 nitrogen and oxygen atoms in total. The van der Waals surface area contributed by atoms with Gasteiger partial charge in [0, 0.05) is 50.0 Å². The molecule has 1 unspecified atom stereocenters. The zero-order valence-electron chi connectivity index (χ0n) is 15.9. The van der Waals surface area contributed by atoms with E-state index in [-0.39, 0.29) is 17.5 Å². The van der Waals surface area contributed by atoms with Crippen molar-refractivity contribution in [3.05, 3.63) is 65.5 Å². The molecule has 0 bridgehead atoms. The zero-order valence-corrected chi connectivity index (χ0v) is 15.9. The van der Waals surface area contributed by atoms with Crippen LogP contribution in [-0.4, -0.2) is 42.2 Å². The number of likely N-dealkylation sites (tertiary alicyclic amines) is 1. The third-order valence-corrected chi connectivity index (χ3v) is 6.00. The van der Waals surface area contributed by atoms with Gasteiger partial charge in [-0.3, -0.25) is 4.98 Å². The number of nitrogens with one attached hydrogen (secondary N) is 1. The van der Waals surface area contributed by atoms with E-state index in [2.05, 4.69) is 47.6 Å². The second kappa shape index (κ2) is 7.69. The summed E-state index contributed by atoms with van der Waals surface area (Å²) in [5.41, 5.74) is 3.59. The standard InChI is InChI=1S/C22H27N3O2/c1-17-6-5-12-23-19(17)9-13-24-21(26)25-16-22(10-14-27-15-11-22)20(25)18-7-3-2-4-8-18/h2-8,12,20H,9-11,13-16H2,1H3,(H,24,26). The third kappa shape index (κ3) is 3.56. The average Bonchev–Trinajstić information content (AvgIpc) is 2.69. The molecule has 1 aromatic carbocycles. The van der Waals surface area contributed by atoms with E-state index < -0.39 is 0 Å². The largest absolute Gasteiger partial charge is 0.381 e. The minimum Gasteiger partial charge on any atom is -0.381 e. The Bertz CT molecular complexity index is 787. The number of rotatable bonds is 4. The molecule has 2 saturated heterocycles. The molecule has 4 rings (SSSR count). The Morgan fingerprint density at radius 3 is 2.74 bits per heavy atom. The van der Waals surface area contributed by atoms with Crippen LogP contribution >= 0.6 is 0 Å². The van der Waals surface area contributed by atoms with Gasteiger partial charge in [0.15, 0.2) is 0 Å². The van der Waals surface area contributed by atoms with E-state index in [0.717, 1.165) is 44.7 Å². The van der Waals surface area contributed by atoms with Crippen LogP contribution in [0.5, 0.6) is 0 Å². The number of nitrogens with zero attached hydrogens (tertiary/aromatic N) is 2. The summed E-state index contributed by atoms with van der Waals surface area (Å²) in [7, 11) is 0. The quantitative estimate of drug-likeness (QED) is 0.902. The topological polar surface area (TPSA) is 54.5 Å². The Labute approximate surface area is 160 Å². The molecule has 2 aliphatic heterocycles. The SMILES string of the molecule is Cc1cccnc1CCNC(=O)N1CC2(CCOCC2)C1c1ccccc1. The number of aryl methyl sites for hydroxylation is 1. The summed E-state index contributed by atoms with van der Waals surface area (Å²) in [4.78, 5) is 19.3. The van der Waals surface area contributed by atoms with Crippen LogP contribution in [0.15, 0.2) is 48.7 Å². The van der Waals surface area contributed by atoms with Gasteiger partial charge in [-0.05, 0) is 37.0 Å². The monoisotopic (exact) mass is 365 g/mol. The Morgan fingerprint density at radius 2 is 2.00 bits per heavy atom. The summed E-state index contributed by atoms with van der Waals surface area (Å²) in [6, 6.07) is 14.6. The second-order valence-corrected chi connectivity index (χ2v) is 7.66. The number of ether oxygens (including phenoxy) is 1. The highest BCUT2D eigenvalue weighted by atomic mass is 16.5. The lowest BCUT2D eigenvalue weighted by Crippen LogP contribution is -2.64. The van der Waals surface area contributed by atoms with Gasteiger partial charge in [-0.1, -0.05) is 36.4 Å². The van der Waals surface area contributed by atoms with Crippen molar-refractivity contribution in [3.63, 3.8) is 0 Å². The maximum absolute atomic E-state index is 12.9. The number of hydrogen-bond donors (Lipinski definition) is 1. The molecular formula is C22H27N3O2. The first-order valence-corrected chi connectivity index (χ1v) is 9.77. The number of amides is 2. The van der Waals surface area contributed by atoms with Crippen molar-refractivity contribution in [1.29, 1.82) is 0 Å². The number of pyridine rings is 1. The third-order valence-electron chi connectivity index (χ3n) is 6.00. The first-order valence-electron chi connectivity index (χ1n) is 9.77. The van der Waals surface area contributed by atoms with E-state index in [0.29, 0.717) is 6.54 Å². The molecule has 0 saturated carbocycles. The minimum absolute atomic E-state index is 0.0227. The maximum atomic E-state index is 12.9. The van der Waals surface area contributed by atoms with E-state index in [9.17, 15) is 4.79 Å². The van der Waals surface area contributed by atoms with Crippen LogP contribution in [-0.2, 0) is 11.2 Å². The average molecular weight is 365 g/mol. The van der Waals surface area contributed by atoms with Gasteiger partial charge in [-0.25, -0.2) is 4.79 Å². The Balaban J connectivity index is 1.42. The lowest BCUT2D eigenvalue weighted by molar-refractivity contribution is -0.111. The first-order chi connectivity index (χ1) is 13.2. The Hall–Kier alpha value is -2.40. The predicted octanol–water partition coefficient (Wildman–Crippen LogP) is 3.50. The molecule has 2 fully saturated rings. The molecule has 0 radical (unpaired) electrons. The fourth-order valence-corrected chi connectivity index (χ4v) is 4.47. The molecule has 1 atom stereocenters. The molecule has 1 aromatic heterocycles. The van der Waals surface area contributed by atoms with Crippen LogP contribution < -0.4 is 5.32 Å². The van der Waals surface area contributed by atoms with Crippen molar-refractivity contribution >= 4 is 6.03 Å². The van der Waals surface area contributed by atoms with Crippen LogP contribution in [0, 0.1) is 12.3 Å². The number of urea groups is 1. The predicted molar refractivity (Wildman–Crippen MR) is 104 cm³/mol. The first kappa shape index (κ1) is 18.0. The molecule has 0 aliphatic carbocycles. The number of hydrogen-bond acceptors (Lipinski definition) is 3. The van der Waals surface area contributed by atoms with Gasteiger partial charge in [0.05, 0.1) is 6.04 Å². The van der Waals surface area contributed by atoms with Gasteiger partial charge in [-0.15, -0.1) is 0 Å². The Morgan fingerprint density at radius 1 is 1.22 bits per heavy atom. The molecule has 5 heteroatoms. The second-order valence-electron chi connectivity index (χ2n) is 7.66. The van der Waals surface area contributed by atoms with Crippen molar-refractivity contribution in [2.75, 3.05) is 26.3 Å².